The van der Waals surface area contributed by atoms with Gasteiger partial charge < -0.3 is 4.74 Å². The minimum Gasteiger partial charge on any atom is -0.462 e. The lowest BCUT2D eigenvalue weighted by molar-refractivity contribution is 0.0526. The van der Waals surface area contributed by atoms with Crippen LogP contribution in [0.15, 0.2) is 12.3 Å². The summed E-state index contributed by atoms with van der Waals surface area (Å²) in [6.45, 7) is 4.09. The number of rotatable bonds is 2. The van der Waals surface area contributed by atoms with Crippen molar-refractivity contribution >= 4 is 19.3 Å². The third-order valence-corrected chi connectivity index (χ3v) is 1.85. The molecule has 0 aromatic carbocycles. The Morgan fingerprint density at radius 1 is 1.69 bits per heavy atom. The van der Waals surface area contributed by atoms with Crippen molar-refractivity contribution < 1.29 is 9.53 Å². The molecule has 1 aromatic rings. The van der Waals surface area contributed by atoms with Crippen molar-refractivity contribution in [2.24, 2.45) is 0 Å². The van der Waals surface area contributed by atoms with Crippen LogP contribution >= 0.6 is 0 Å². The molecule has 0 fully saturated rings. The SMILES string of the molecule is Bc1cc(C(=O)OCC)cnc1C. The van der Waals surface area contributed by atoms with Crippen molar-refractivity contribution in [2.45, 2.75) is 13.8 Å². The minimum absolute atomic E-state index is 0.307. The third kappa shape index (κ3) is 2.31. The molecule has 1 rings (SSSR count). The number of carbonyl (C=O) groups is 1. The van der Waals surface area contributed by atoms with Crippen LogP contribution in [0.4, 0.5) is 0 Å². The van der Waals surface area contributed by atoms with Crippen LogP contribution in [0.25, 0.3) is 0 Å². The van der Waals surface area contributed by atoms with E-state index in [1.54, 1.807) is 19.2 Å². The van der Waals surface area contributed by atoms with E-state index in [0.717, 1.165) is 11.2 Å². The number of pyridine rings is 1. The summed E-state index contributed by atoms with van der Waals surface area (Å²) in [5.41, 5.74) is 2.46. The number of aromatic nitrogens is 1. The van der Waals surface area contributed by atoms with E-state index < -0.39 is 0 Å². The van der Waals surface area contributed by atoms with Gasteiger partial charge in [-0.1, -0.05) is 11.5 Å². The van der Waals surface area contributed by atoms with Gasteiger partial charge in [0.2, 0.25) is 0 Å². The highest BCUT2D eigenvalue weighted by Gasteiger charge is 2.07. The molecule has 0 aliphatic carbocycles. The molecule has 68 valence electrons. The lowest BCUT2D eigenvalue weighted by Crippen LogP contribution is -2.14. The van der Waals surface area contributed by atoms with E-state index in [2.05, 4.69) is 4.98 Å². The topological polar surface area (TPSA) is 39.2 Å². The number of hydrogen-bond acceptors (Lipinski definition) is 3. The van der Waals surface area contributed by atoms with Crippen LogP contribution in [-0.4, -0.2) is 25.4 Å². The second-order valence-electron chi connectivity index (χ2n) is 2.85. The smallest absolute Gasteiger partial charge is 0.339 e. The molecule has 0 N–H and O–H groups in total. The first-order valence-electron chi connectivity index (χ1n) is 4.25. The van der Waals surface area contributed by atoms with Crippen LogP contribution in [-0.2, 0) is 4.74 Å². The van der Waals surface area contributed by atoms with Crippen molar-refractivity contribution in [3.8, 4) is 0 Å². The molecular weight excluding hydrogens is 165 g/mol. The van der Waals surface area contributed by atoms with E-state index in [1.165, 1.54) is 0 Å². The maximum Gasteiger partial charge on any atom is 0.339 e. The summed E-state index contributed by atoms with van der Waals surface area (Å²) in [4.78, 5) is 15.3. The van der Waals surface area contributed by atoms with Gasteiger partial charge in [0.15, 0.2) is 0 Å². The largest absolute Gasteiger partial charge is 0.462 e. The molecule has 3 nitrogen and oxygen atoms in total. The lowest BCUT2D eigenvalue weighted by atomic mass is 9.93. The second-order valence-corrected chi connectivity index (χ2v) is 2.85. The van der Waals surface area contributed by atoms with Gasteiger partial charge in [-0.3, -0.25) is 4.98 Å². The molecule has 1 aromatic heterocycles. The van der Waals surface area contributed by atoms with Gasteiger partial charge in [-0.25, -0.2) is 4.79 Å². The zero-order valence-corrected chi connectivity index (χ0v) is 8.13. The third-order valence-electron chi connectivity index (χ3n) is 1.85. The molecule has 0 amide bonds. The fourth-order valence-corrected chi connectivity index (χ4v) is 0.969. The van der Waals surface area contributed by atoms with Crippen LogP contribution in [0.3, 0.4) is 0 Å². The van der Waals surface area contributed by atoms with Gasteiger partial charge in [-0.2, -0.15) is 0 Å². The van der Waals surface area contributed by atoms with Gasteiger partial charge in [0.25, 0.3) is 0 Å². The maximum atomic E-state index is 11.2. The average Bonchev–Trinajstić information content (AvgIpc) is 2.10. The van der Waals surface area contributed by atoms with Crippen LogP contribution in [0.1, 0.15) is 23.0 Å². The Bertz CT molecular complexity index is 325. The van der Waals surface area contributed by atoms with Gasteiger partial charge in [0.05, 0.1) is 12.2 Å². The molecule has 0 spiro atoms. The zero-order valence-electron chi connectivity index (χ0n) is 8.13. The zero-order chi connectivity index (χ0) is 9.84. The van der Waals surface area contributed by atoms with Gasteiger partial charge in [0, 0.05) is 11.9 Å². The summed E-state index contributed by atoms with van der Waals surface area (Å²) >= 11 is 0. The first-order valence-corrected chi connectivity index (χ1v) is 4.25. The molecule has 0 bridgehead atoms. The summed E-state index contributed by atoms with van der Waals surface area (Å²) in [6.07, 6.45) is 1.54. The summed E-state index contributed by atoms with van der Waals surface area (Å²) in [7, 11) is 1.92. The molecule has 0 atom stereocenters. The summed E-state index contributed by atoms with van der Waals surface area (Å²) in [5, 5.41) is 0. The molecule has 0 saturated heterocycles. The van der Waals surface area contributed by atoms with Crippen LogP contribution in [0, 0.1) is 6.92 Å². The molecule has 1 heterocycles. The number of aryl methyl sites for hydroxylation is 1. The van der Waals surface area contributed by atoms with Crippen molar-refractivity contribution in [3.05, 3.63) is 23.5 Å². The average molecular weight is 177 g/mol. The molecular formula is C9H12BNO2. The molecule has 0 aliphatic rings. The number of ether oxygens (including phenoxy) is 1. The Morgan fingerprint density at radius 3 is 2.92 bits per heavy atom. The predicted molar refractivity (Wildman–Crippen MR) is 53.1 cm³/mol. The Kier molecular flexibility index (Phi) is 3.06. The summed E-state index contributed by atoms with van der Waals surface area (Å²) < 4.78 is 4.84. The molecule has 0 aliphatic heterocycles. The normalized spacial score (nSPS) is 9.69. The van der Waals surface area contributed by atoms with Crippen LogP contribution in [0.2, 0.25) is 0 Å². The van der Waals surface area contributed by atoms with E-state index in [4.69, 9.17) is 4.74 Å². The van der Waals surface area contributed by atoms with Gasteiger partial charge in [-0.05, 0) is 13.8 Å². The highest BCUT2D eigenvalue weighted by Crippen LogP contribution is 1.98. The van der Waals surface area contributed by atoms with Gasteiger partial charge >= 0.3 is 5.97 Å². The monoisotopic (exact) mass is 177 g/mol. The Hall–Kier alpha value is -1.32. The molecule has 4 heteroatoms. The Labute approximate surface area is 78.5 Å². The number of nitrogens with zero attached hydrogens (tertiary/aromatic N) is 1. The van der Waals surface area contributed by atoms with E-state index in [0.29, 0.717) is 12.2 Å². The summed E-state index contributed by atoms with van der Waals surface area (Å²) in [5.74, 6) is -0.307. The predicted octanol–water partition coefficient (Wildman–Crippen LogP) is -0.175. The van der Waals surface area contributed by atoms with Crippen molar-refractivity contribution in [1.29, 1.82) is 0 Å². The van der Waals surface area contributed by atoms with E-state index in [1.807, 2.05) is 14.8 Å². The highest BCUT2D eigenvalue weighted by molar-refractivity contribution is 6.33. The fraction of sp³-hybridized carbons (Fsp3) is 0.333. The molecule has 0 unspecified atom stereocenters. The first-order chi connectivity index (χ1) is 6.15. The molecule has 0 saturated carbocycles. The molecule has 13 heavy (non-hydrogen) atoms. The fourth-order valence-electron chi connectivity index (χ4n) is 0.969. The number of carbonyl (C=O) groups excluding carboxylic acids is 1. The summed E-state index contributed by atoms with van der Waals surface area (Å²) in [6, 6.07) is 1.79. The van der Waals surface area contributed by atoms with Crippen molar-refractivity contribution in [1.82, 2.24) is 4.98 Å². The van der Waals surface area contributed by atoms with Gasteiger partial charge in [0.1, 0.15) is 7.85 Å². The van der Waals surface area contributed by atoms with Crippen LogP contribution < -0.4 is 5.46 Å². The van der Waals surface area contributed by atoms with Crippen LogP contribution in [0.5, 0.6) is 0 Å². The Balaban J connectivity index is 2.90. The minimum atomic E-state index is -0.307. The Morgan fingerprint density at radius 2 is 2.38 bits per heavy atom. The maximum absolute atomic E-state index is 11.2. The van der Waals surface area contributed by atoms with Gasteiger partial charge in [-0.15, -0.1) is 0 Å². The van der Waals surface area contributed by atoms with E-state index >= 15 is 0 Å². The number of hydrogen-bond donors (Lipinski definition) is 0. The number of esters is 1. The van der Waals surface area contributed by atoms with E-state index in [-0.39, 0.29) is 5.97 Å². The highest BCUT2D eigenvalue weighted by atomic mass is 16.5. The second kappa shape index (κ2) is 4.07. The quantitative estimate of drug-likeness (QED) is 0.464. The lowest BCUT2D eigenvalue weighted by Gasteiger charge is -2.03. The van der Waals surface area contributed by atoms with Crippen molar-refractivity contribution in [2.75, 3.05) is 6.61 Å². The van der Waals surface area contributed by atoms with E-state index in [9.17, 15) is 4.79 Å². The molecule has 0 radical (unpaired) electrons. The van der Waals surface area contributed by atoms with Crippen molar-refractivity contribution in [3.63, 3.8) is 0 Å². The standard InChI is InChI=1S/C9H12BNO2/c1-3-13-9(12)7-4-8(10)6(2)11-5-7/h4-5H,3,10H2,1-2H3. The first kappa shape index (κ1) is 9.77.